The number of amides is 1. The second-order valence-electron chi connectivity index (χ2n) is 6.27. The maximum atomic E-state index is 12.6. The van der Waals surface area contributed by atoms with Crippen LogP contribution in [0.5, 0.6) is 11.5 Å². The average Bonchev–Trinajstić information content (AvgIpc) is 2.47. The minimum Gasteiger partial charge on any atom is -0.486 e. The smallest absolute Gasteiger partial charge is 0.229 e. The molecule has 7 heteroatoms. The maximum Gasteiger partial charge on any atom is 0.229 e. The Balaban J connectivity index is 0.00000192. The van der Waals surface area contributed by atoms with Crippen molar-refractivity contribution in [3.63, 3.8) is 0 Å². The molecule has 3 rings (SSSR count). The summed E-state index contributed by atoms with van der Waals surface area (Å²) >= 11 is 6.23. The molecule has 128 valence electrons. The third-order valence-corrected chi connectivity index (χ3v) is 4.77. The van der Waals surface area contributed by atoms with Crippen LogP contribution in [0.25, 0.3) is 0 Å². The third kappa shape index (κ3) is 3.84. The largest absolute Gasteiger partial charge is 0.486 e. The van der Waals surface area contributed by atoms with E-state index in [0.717, 1.165) is 25.7 Å². The summed E-state index contributed by atoms with van der Waals surface area (Å²) < 4.78 is 11.0. The molecule has 1 aromatic carbocycles. The quantitative estimate of drug-likeness (QED) is 0.847. The molecule has 2 unspecified atom stereocenters. The molecule has 2 atom stereocenters. The normalized spacial score (nSPS) is 26.1. The molecule has 0 spiro atoms. The zero-order chi connectivity index (χ0) is 15.7. The Morgan fingerprint density at radius 1 is 1.30 bits per heavy atom. The molecular weight excluding hydrogens is 339 g/mol. The average molecular weight is 361 g/mol. The van der Waals surface area contributed by atoms with Gasteiger partial charge in [-0.05, 0) is 19.8 Å². The first-order valence-electron chi connectivity index (χ1n) is 7.66. The molecule has 1 amide bonds. The first kappa shape index (κ1) is 18.2. The van der Waals surface area contributed by atoms with Crippen molar-refractivity contribution in [2.75, 3.05) is 18.5 Å². The van der Waals surface area contributed by atoms with Crippen LogP contribution >= 0.6 is 24.0 Å². The van der Waals surface area contributed by atoms with Crippen molar-refractivity contribution in [1.29, 1.82) is 0 Å². The molecule has 0 bridgehead atoms. The lowest BCUT2D eigenvalue weighted by Crippen LogP contribution is -2.51. The highest BCUT2D eigenvalue weighted by Crippen LogP contribution is 2.39. The highest BCUT2D eigenvalue weighted by atomic mass is 35.5. The molecule has 0 radical (unpaired) electrons. The molecule has 2 aliphatic rings. The van der Waals surface area contributed by atoms with E-state index in [1.807, 2.05) is 6.92 Å². The Hall–Kier alpha value is -1.17. The summed E-state index contributed by atoms with van der Waals surface area (Å²) in [6, 6.07) is 3.39. The monoisotopic (exact) mass is 360 g/mol. The summed E-state index contributed by atoms with van der Waals surface area (Å²) in [4.78, 5) is 12.6. The van der Waals surface area contributed by atoms with Gasteiger partial charge in [-0.3, -0.25) is 4.79 Å². The first-order chi connectivity index (χ1) is 10.5. The second kappa shape index (κ2) is 7.16. The summed E-state index contributed by atoms with van der Waals surface area (Å²) in [6.45, 7) is 2.94. The Morgan fingerprint density at radius 3 is 2.61 bits per heavy atom. The number of anilines is 1. The number of carbonyl (C=O) groups excluding carboxylic acids is 1. The second-order valence-corrected chi connectivity index (χ2v) is 6.68. The fourth-order valence-electron chi connectivity index (χ4n) is 3.17. The lowest BCUT2D eigenvalue weighted by Gasteiger charge is -2.37. The molecule has 0 aromatic heterocycles. The lowest BCUT2D eigenvalue weighted by atomic mass is 9.74. The number of hydrogen-bond donors (Lipinski definition) is 2. The summed E-state index contributed by atoms with van der Waals surface area (Å²) in [7, 11) is 0. The summed E-state index contributed by atoms with van der Waals surface area (Å²) in [6.07, 6.45) is 3.77. The Kier molecular flexibility index (Phi) is 5.65. The standard InChI is InChI=1S/C16H21ClN2O3.ClH/c1-16(18)5-3-2-4-10(16)15(20)19-12-9-14-13(8-11(12)17)21-6-7-22-14;/h8-10H,2-7,18H2,1H3,(H,19,20);1H. The van der Waals surface area contributed by atoms with Gasteiger partial charge in [-0.15, -0.1) is 12.4 Å². The Morgan fingerprint density at radius 2 is 1.96 bits per heavy atom. The molecule has 23 heavy (non-hydrogen) atoms. The van der Waals surface area contributed by atoms with Crippen LogP contribution in [0.3, 0.4) is 0 Å². The van der Waals surface area contributed by atoms with Crippen molar-refractivity contribution in [2.24, 2.45) is 11.7 Å². The van der Waals surface area contributed by atoms with Gasteiger partial charge in [0.15, 0.2) is 11.5 Å². The molecule has 3 N–H and O–H groups in total. The van der Waals surface area contributed by atoms with E-state index in [2.05, 4.69) is 5.32 Å². The van der Waals surface area contributed by atoms with Crippen molar-refractivity contribution in [2.45, 2.75) is 38.1 Å². The molecule has 1 saturated carbocycles. The predicted molar refractivity (Wildman–Crippen MR) is 92.9 cm³/mol. The molecule has 1 fully saturated rings. The van der Waals surface area contributed by atoms with Crippen LogP contribution in [0.15, 0.2) is 12.1 Å². The van der Waals surface area contributed by atoms with Crippen LogP contribution in [0, 0.1) is 5.92 Å². The molecule has 5 nitrogen and oxygen atoms in total. The highest BCUT2D eigenvalue weighted by Gasteiger charge is 2.38. The number of nitrogens with two attached hydrogens (primary N) is 1. The van der Waals surface area contributed by atoms with Gasteiger partial charge >= 0.3 is 0 Å². The molecule has 0 saturated heterocycles. The van der Waals surface area contributed by atoms with Crippen molar-refractivity contribution in [1.82, 2.24) is 0 Å². The summed E-state index contributed by atoms with van der Waals surface area (Å²) in [5.74, 6) is 0.925. The van der Waals surface area contributed by atoms with E-state index in [1.165, 1.54) is 0 Å². The highest BCUT2D eigenvalue weighted by molar-refractivity contribution is 6.34. The third-order valence-electron chi connectivity index (χ3n) is 4.46. The van der Waals surface area contributed by atoms with E-state index in [1.54, 1.807) is 12.1 Å². The van der Waals surface area contributed by atoms with Gasteiger partial charge in [-0.25, -0.2) is 0 Å². The Labute approximate surface area is 147 Å². The van der Waals surface area contributed by atoms with Gasteiger partial charge in [0.05, 0.1) is 16.6 Å². The number of fused-ring (bicyclic) bond motifs is 1. The van der Waals surface area contributed by atoms with Crippen LogP contribution in [0.4, 0.5) is 5.69 Å². The number of nitrogens with one attached hydrogen (secondary N) is 1. The van der Waals surface area contributed by atoms with Crippen LogP contribution in [0.2, 0.25) is 5.02 Å². The number of hydrogen-bond acceptors (Lipinski definition) is 4. The van der Waals surface area contributed by atoms with Gasteiger partial charge in [-0.1, -0.05) is 24.4 Å². The molecule has 1 aliphatic carbocycles. The van der Waals surface area contributed by atoms with Gasteiger partial charge in [0.1, 0.15) is 13.2 Å². The van der Waals surface area contributed by atoms with E-state index in [-0.39, 0.29) is 24.2 Å². The van der Waals surface area contributed by atoms with Crippen molar-refractivity contribution in [3.8, 4) is 11.5 Å². The van der Waals surface area contributed by atoms with Crippen LogP contribution in [-0.4, -0.2) is 24.7 Å². The van der Waals surface area contributed by atoms with Gasteiger partial charge in [-0.2, -0.15) is 0 Å². The predicted octanol–water partition coefficient (Wildman–Crippen LogP) is 3.38. The van der Waals surface area contributed by atoms with Gasteiger partial charge in [0.2, 0.25) is 5.91 Å². The number of ether oxygens (including phenoxy) is 2. The zero-order valence-corrected chi connectivity index (χ0v) is 14.6. The van der Waals surface area contributed by atoms with Crippen molar-refractivity contribution in [3.05, 3.63) is 17.2 Å². The molecule has 1 aromatic rings. The van der Waals surface area contributed by atoms with E-state index in [4.69, 9.17) is 26.8 Å². The van der Waals surface area contributed by atoms with E-state index >= 15 is 0 Å². The topological polar surface area (TPSA) is 73.6 Å². The Bertz CT molecular complexity index is 593. The van der Waals surface area contributed by atoms with Crippen molar-refractivity contribution < 1.29 is 14.3 Å². The van der Waals surface area contributed by atoms with Gasteiger partial charge in [0, 0.05) is 17.7 Å². The van der Waals surface area contributed by atoms with Gasteiger partial charge < -0.3 is 20.5 Å². The number of carbonyl (C=O) groups is 1. The summed E-state index contributed by atoms with van der Waals surface area (Å²) in [5, 5.41) is 3.34. The van der Waals surface area contributed by atoms with E-state index in [0.29, 0.717) is 35.4 Å². The van der Waals surface area contributed by atoms with Crippen LogP contribution in [-0.2, 0) is 4.79 Å². The molecule has 1 aliphatic heterocycles. The summed E-state index contributed by atoms with van der Waals surface area (Å²) in [5.41, 5.74) is 6.36. The fourth-order valence-corrected chi connectivity index (χ4v) is 3.37. The molecule has 1 heterocycles. The SMILES string of the molecule is CC1(N)CCCCC1C(=O)Nc1cc2c(cc1Cl)OCCO2.Cl. The zero-order valence-electron chi connectivity index (χ0n) is 13.1. The van der Waals surface area contributed by atoms with Crippen LogP contribution in [0.1, 0.15) is 32.6 Å². The van der Waals surface area contributed by atoms with Crippen LogP contribution < -0.4 is 20.5 Å². The lowest BCUT2D eigenvalue weighted by molar-refractivity contribution is -0.122. The minimum atomic E-state index is -0.470. The molecular formula is C16H22Cl2N2O3. The fraction of sp³-hybridized carbons (Fsp3) is 0.562. The van der Waals surface area contributed by atoms with Crippen molar-refractivity contribution >= 4 is 35.6 Å². The number of halogens is 2. The number of rotatable bonds is 2. The first-order valence-corrected chi connectivity index (χ1v) is 8.04. The van der Waals surface area contributed by atoms with E-state index in [9.17, 15) is 4.79 Å². The maximum absolute atomic E-state index is 12.6. The van der Waals surface area contributed by atoms with Gasteiger partial charge in [0.25, 0.3) is 0 Å². The number of benzene rings is 1. The van der Waals surface area contributed by atoms with E-state index < -0.39 is 5.54 Å². The minimum absolute atomic E-state index is 0.